The van der Waals surface area contributed by atoms with Crippen LogP contribution in [0.15, 0.2) is 23.4 Å². The number of rotatable bonds is 8. The van der Waals surface area contributed by atoms with Gasteiger partial charge in [0.2, 0.25) is 0 Å². The van der Waals surface area contributed by atoms with Gasteiger partial charge >= 0.3 is 6.18 Å². The van der Waals surface area contributed by atoms with Gasteiger partial charge in [0.05, 0.1) is 6.61 Å². The van der Waals surface area contributed by atoms with E-state index in [2.05, 4.69) is 19.8 Å². The molecule has 0 bridgehead atoms. The number of pyridine rings is 1. The first kappa shape index (κ1) is 17.8. The van der Waals surface area contributed by atoms with E-state index in [1.807, 2.05) is 0 Å². The van der Waals surface area contributed by atoms with Gasteiger partial charge in [0, 0.05) is 19.3 Å². The highest BCUT2D eigenvalue weighted by Crippen LogP contribution is 2.14. The topological polar surface area (TPSA) is 80.3 Å². The molecule has 0 unspecified atom stereocenters. The lowest BCUT2D eigenvalue weighted by Crippen LogP contribution is -2.29. The Morgan fingerprint density at radius 3 is 2.57 bits per heavy atom. The maximum atomic E-state index is 11.8. The quantitative estimate of drug-likeness (QED) is 0.686. The molecule has 0 aliphatic rings. The van der Waals surface area contributed by atoms with Gasteiger partial charge in [-0.15, -0.1) is 0 Å². The third-order valence-corrected chi connectivity index (χ3v) is 3.63. The lowest BCUT2D eigenvalue weighted by atomic mass is 10.3. The SMILES string of the molecule is CNCc1ccc(S(=O)(=O)NCCOCC(F)(F)F)nc1. The summed E-state index contributed by atoms with van der Waals surface area (Å²) in [7, 11) is -2.11. The molecule has 0 aliphatic carbocycles. The maximum absolute atomic E-state index is 11.8. The van der Waals surface area contributed by atoms with Gasteiger partial charge in [-0.1, -0.05) is 6.07 Å². The van der Waals surface area contributed by atoms with Crippen LogP contribution < -0.4 is 10.0 Å². The average molecular weight is 327 g/mol. The third kappa shape index (κ3) is 6.85. The summed E-state index contributed by atoms with van der Waals surface area (Å²) in [6, 6.07) is 2.92. The van der Waals surface area contributed by atoms with Crippen LogP contribution in [0.1, 0.15) is 5.56 Å². The summed E-state index contributed by atoms with van der Waals surface area (Å²) < 4.78 is 65.4. The monoisotopic (exact) mass is 327 g/mol. The molecule has 1 aromatic rings. The first-order valence-electron chi connectivity index (χ1n) is 5.98. The number of halogens is 3. The molecule has 1 rings (SSSR count). The number of sulfonamides is 1. The lowest BCUT2D eigenvalue weighted by molar-refractivity contribution is -0.173. The molecule has 0 saturated heterocycles. The maximum Gasteiger partial charge on any atom is 0.411 e. The summed E-state index contributed by atoms with van der Waals surface area (Å²) in [6.07, 6.45) is -3.02. The number of nitrogens with one attached hydrogen (secondary N) is 2. The molecule has 0 aliphatic heterocycles. The summed E-state index contributed by atoms with van der Waals surface area (Å²) in [5.41, 5.74) is 0.810. The normalized spacial score (nSPS) is 12.6. The molecule has 2 N–H and O–H groups in total. The van der Waals surface area contributed by atoms with Crippen molar-refractivity contribution in [2.75, 3.05) is 26.8 Å². The van der Waals surface area contributed by atoms with Crippen LogP contribution in [-0.4, -0.2) is 46.4 Å². The van der Waals surface area contributed by atoms with Crippen LogP contribution >= 0.6 is 0 Å². The van der Waals surface area contributed by atoms with Crippen LogP contribution in [0.3, 0.4) is 0 Å². The molecule has 0 atom stereocenters. The van der Waals surface area contributed by atoms with E-state index in [-0.39, 0.29) is 18.2 Å². The van der Waals surface area contributed by atoms with E-state index in [0.29, 0.717) is 6.54 Å². The zero-order valence-corrected chi connectivity index (χ0v) is 12.1. The molecule has 1 heterocycles. The van der Waals surface area contributed by atoms with Crippen LogP contribution in [0.4, 0.5) is 13.2 Å². The zero-order chi connectivity index (χ0) is 15.9. The van der Waals surface area contributed by atoms with Crippen LogP contribution in [-0.2, 0) is 21.3 Å². The lowest BCUT2D eigenvalue weighted by Gasteiger charge is -2.09. The van der Waals surface area contributed by atoms with Gasteiger partial charge in [-0.2, -0.15) is 13.2 Å². The molecule has 0 aromatic carbocycles. The van der Waals surface area contributed by atoms with Crippen LogP contribution in [0.25, 0.3) is 0 Å². The van der Waals surface area contributed by atoms with Crippen LogP contribution in [0, 0.1) is 0 Å². The van der Waals surface area contributed by atoms with Gasteiger partial charge in [-0.3, -0.25) is 0 Å². The van der Waals surface area contributed by atoms with E-state index in [1.54, 1.807) is 13.1 Å². The molecule has 6 nitrogen and oxygen atoms in total. The minimum Gasteiger partial charge on any atom is -0.371 e. The third-order valence-electron chi connectivity index (χ3n) is 2.26. The molecule has 0 saturated carbocycles. The molecular formula is C11H16F3N3O3S. The summed E-state index contributed by atoms with van der Waals surface area (Å²) in [5.74, 6) is 0. The number of hydrogen-bond donors (Lipinski definition) is 2. The molecule has 21 heavy (non-hydrogen) atoms. The largest absolute Gasteiger partial charge is 0.411 e. The van der Waals surface area contributed by atoms with Gasteiger partial charge in [0.25, 0.3) is 10.0 Å². The fourth-order valence-corrected chi connectivity index (χ4v) is 2.33. The van der Waals surface area contributed by atoms with E-state index < -0.39 is 22.8 Å². The first-order chi connectivity index (χ1) is 9.74. The number of nitrogens with zero attached hydrogens (tertiary/aromatic N) is 1. The van der Waals surface area contributed by atoms with E-state index in [4.69, 9.17) is 0 Å². The molecular weight excluding hydrogens is 311 g/mol. The van der Waals surface area contributed by atoms with Crippen molar-refractivity contribution in [3.63, 3.8) is 0 Å². The van der Waals surface area contributed by atoms with Crippen molar-refractivity contribution in [1.82, 2.24) is 15.0 Å². The van der Waals surface area contributed by atoms with Crippen molar-refractivity contribution in [1.29, 1.82) is 0 Å². The number of alkyl halides is 3. The first-order valence-corrected chi connectivity index (χ1v) is 7.46. The highest BCUT2D eigenvalue weighted by Gasteiger charge is 2.27. The Bertz CT molecular complexity index is 532. The standard InChI is InChI=1S/C11H16F3N3O3S/c1-15-6-9-2-3-10(16-7-9)21(18,19)17-4-5-20-8-11(12,13)14/h2-3,7,15,17H,4-6,8H2,1H3. The highest BCUT2D eigenvalue weighted by atomic mass is 32.2. The van der Waals surface area contributed by atoms with E-state index in [1.165, 1.54) is 12.3 Å². The summed E-state index contributed by atoms with van der Waals surface area (Å²) >= 11 is 0. The minimum atomic E-state index is -4.43. The Labute approximate surface area is 120 Å². The van der Waals surface area contributed by atoms with Gasteiger partial charge in [-0.05, 0) is 18.7 Å². The van der Waals surface area contributed by atoms with E-state index >= 15 is 0 Å². The number of aromatic nitrogens is 1. The molecule has 0 fully saturated rings. The Kier molecular flexibility index (Phi) is 6.52. The summed E-state index contributed by atoms with van der Waals surface area (Å²) in [6.45, 7) is -1.51. The summed E-state index contributed by atoms with van der Waals surface area (Å²) in [5, 5.41) is 2.69. The van der Waals surface area contributed by atoms with Crippen LogP contribution in [0.5, 0.6) is 0 Å². The fourth-order valence-electron chi connectivity index (χ4n) is 1.39. The zero-order valence-electron chi connectivity index (χ0n) is 11.3. The summed E-state index contributed by atoms with van der Waals surface area (Å²) in [4.78, 5) is 3.80. The number of ether oxygens (including phenoxy) is 1. The van der Waals surface area contributed by atoms with Crippen molar-refractivity contribution in [2.24, 2.45) is 0 Å². The smallest absolute Gasteiger partial charge is 0.371 e. The van der Waals surface area contributed by atoms with Crippen molar-refractivity contribution in [2.45, 2.75) is 17.7 Å². The van der Waals surface area contributed by atoms with Gasteiger partial charge < -0.3 is 10.1 Å². The Hall–Kier alpha value is -1.23. The van der Waals surface area contributed by atoms with Gasteiger partial charge in [-0.25, -0.2) is 18.1 Å². The molecule has 120 valence electrons. The highest BCUT2D eigenvalue weighted by molar-refractivity contribution is 7.89. The molecule has 0 radical (unpaired) electrons. The second-order valence-electron chi connectivity index (χ2n) is 4.10. The minimum absolute atomic E-state index is 0.196. The van der Waals surface area contributed by atoms with Crippen molar-refractivity contribution in [3.8, 4) is 0 Å². The van der Waals surface area contributed by atoms with Gasteiger partial charge in [0.1, 0.15) is 6.61 Å². The van der Waals surface area contributed by atoms with Crippen molar-refractivity contribution in [3.05, 3.63) is 23.9 Å². The predicted molar refractivity (Wildman–Crippen MR) is 69.1 cm³/mol. The van der Waals surface area contributed by atoms with Crippen molar-refractivity contribution >= 4 is 10.0 Å². The predicted octanol–water partition coefficient (Wildman–Crippen LogP) is 0.658. The number of hydrogen-bond acceptors (Lipinski definition) is 5. The Morgan fingerprint density at radius 2 is 2.05 bits per heavy atom. The molecule has 10 heteroatoms. The average Bonchev–Trinajstić information content (AvgIpc) is 2.38. The van der Waals surface area contributed by atoms with E-state index in [0.717, 1.165) is 5.56 Å². The Balaban J connectivity index is 2.46. The second kappa shape index (κ2) is 7.69. The Morgan fingerprint density at radius 1 is 1.33 bits per heavy atom. The van der Waals surface area contributed by atoms with Crippen LogP contribution in [0.2, 0.25) is 0 Å². The van der Waals surface area contributed by atoms with Gasteiger partial charge in [0.15, 0.2) is 5.03 Å². The van der Waals surface area contributed by atoms with E-state index in [9.17, 15) is 21.6 Å². The molecule has 0 spiro atoms. The second-order valence-corrected chi connectivity index (χ2v) is 5.81. The molecule has 1 aromatic heterocycles. The molecule has 0 amide bonds. The van der Waals surface area contributed by atoms with Crippen molar-refractivity contribution < 1.29 is 26.3 Å². The fraction of sp³-hybridized carbons (Fsp3) is 0.545.